The van der Waals surface area contributed by atoms with E-state index in [0.29, 0.717) is 6.04 Å². The Labute approximate surface area is 113 Å². The molecule has 2 rings (SSSR count). The Balaban J connectivity index is 1.98. The summed E-state index contributed by atoms with van der Waals surface area (Å²) < 4.78 is 6.04. The van der Waals surface area contributed by atoms with Crippen LogP contribution in [0.15, 0.2) is 0 Å². The monoisotopic (exact) mass is 253 g/mol. The van der Waals surface area contributed by atoms with E-state index in [9.17, 15) is 0 Å². The fourth-order valence-electron chi connectivity index (χ4n) is 3.71. The van der Waals surface area contributed by atoms with E-state index in [1.807, 2.05) is 7.11 Å². The molecule has 0 spiro atoms. The zero-order valence-corrected chi connectivity index (χ0v) is 12.3. The van der Waals surface area contributed by atoms with Crippen LogP contribution in [-0.4, -0.2) is 25.3 Å². The smallest absolute Gasteiger partial charge is 0.0831 e. The molecule has 0 aromatic heterocycles. The fraction of sp³-hybridized carbons (Fsp3) is 1.00. The summed E-state index contributed by atoms with van der Waals surface area (Å²) in [5, 5.41) is 3.80. The van der Waals surface area contributed by atoms with Crippen LogP contribution in [0.4, 0.5) is 0 Å². The number of ether oxygens (including phenoxy) is 1. The van der Waals surface area contributed by atoms with Crippen LogP contribution in [0.3, 0.4) is 0 Å². The van der Waals surface area contributed by atoms with Crippen LogP contribution in [0.25, 0.3) is 0 Å². The Bertz CT molecular complexity index is 231. The Morgan fingerprint density at radius 3 is 2.39 bits per heavy atom. The predicted octanol–water partition coefficient (Wildman–Crippen LogP) is 3.89. The maximum Gasteiger partial charge on any atom is 0.0831 e. The molecule has 2 aliphatic rings. The molecular formula is C16H31NO. The molecule has 1 atom stereocenters. The summed E-state index contributed by atoms with van der Waals surface area (Å²) in [6.07, 6.45) is 13.5. The average Bonchev–Trinajstić information content (AvgIpc) is 2.37. The first-order valence-corrected chi connectivity index (χ1v) is 8.09. The van der Waals surface area contributed by atoms with E-state index < -0.39 is 0 Å². The maximum absolute atomic E-state index is 6.04. The lowest BCUT2D eigenvalue weighted by Gasteiger charge is -2.45. The quantitative estimate of drug-likeness (QED) is 0.743. The predicted molar refractivity (Wildman–Crippen MR) is 76.9 cm³/mol. The summed E-state index contributed by atoms with van der Waals surface area (Å²) in [5.41, 5.74) is 0.142. The topological polar surface area (TPSA) is 21.3 Å². The van der Waals surface area contributed by atoms with Crippen molar-refractivity contribution in [1.29, 1.82) is 0 Å². The van der Waals surface area contributed by atoms with Crippen LogP contribution < -0.4 is 5.32 Å². The number of rotatable bonds is 7. The molecule has 0 amide bonds. The van der Waals surface area contributed by atoms with Gasteiger partial charge in [-0.15, -0.1) is 0 Å². The molecule has 2 nitrogen and oxygen atoms in total. The van der Waals surface area contributed by atoms with Crippen molar-refractivity contribution in [3.05, 3.63) is 0 Å². The first-order chi connectivity index (χ1) is 8.80. The third-order valence-corrected chi connectivity index (χ3v) is 5.18. The molecule has 0 radical (unpaired) electrons. The van der Waals surface area contributed by atoms with Crippen molar-refractivity contribution < 1.29 is 4.74 Å². The Morgan fingerprint density at radius 1 is 1.17 bits per heavy atom. The highest BCUT2D eigenvalue weighted by atomic mass is 16.5. The lowest BCUT2D eigenvalue weighted by atomic mass is 9.72. The van der Waals surface area contributed by atoms with Gasteiger partial charge in [-0.1, -0.05) is 45.4 Å². The van der Waals surface area contributed by atoms with Crippen LogP contribution in [-0.2, 0) is 4.74 Å². The molecule has 1 unspecified atom stereocenters. The highest BCUT2D eigenvalue weighted by molar-refractivity contribution is 4.97. The minimum atomic E-state index is 0.142. The van der Waals surface area contributed by atoms with Gasteiger partial charge in [-0.25, -0.2) is 0 Å². The van der Waals surface area contributed by atoms with E-state index >= 15 is 0 Å². The van der Waals surface area contributed by atoms with Gasteiger partial charge in [0.1, 0.15) is 0 Å². The molecule has 0 bridgehead atoms. The molecule has 18 heavy (non-hydrogen) atoms. The molecule has 0 heterocycles. The van der Waals surface area contributed by atoms with E-state index in [-0.39, 0.29) is 5.60 Å². The molecule has 2 saturated carbocycles. The molecule has 0 aromatic carbocycles. The van der Waals surface area contributed by atoms with E-state index in [2.05, 4.69) is 12.2 Å². The zero-order chi connectivity index (χ0) is 12.8. The van der Waals surface area contributed by atoms with Gasteiger partial charge in [0.25, 0.3) is 0 Å². The molecule has 0 saturated heterocycles. The fourth-order valence-corrected chi connectivity index (χ4v) is 3.71. The number of hydrogen-bond acceptors (Lipinski definition) is 2. The van der Waals surface area contributed by atoms with Crippen LogP contribution in [0.2, 0.25) is 0 Å². The standard InChI is InChI=1S/C16H31NO/c1-3-12-17-15(13-14-8-7-9-14)16(18-2)10-5-4-6-11-16/h14-15,17H,3-13H2,1-2H3. The highest BCUT2D eigenvalue weighted by Crippen LogP contribution is 2.39. The molecule has 0 aliphatic heterocycles. The van der Waals surface area contributed by atoms with Crippen LogP contribution >= 0.6 is 0 Å². The van der Waals surface area contributed by atoms with Crippen LogP contribution in [0.5, 0.6) is 0 Å². The van der Waals surface area contributed by atoms with Gasteiger partial charge in [-0.05, 0) is 38.1 Å². The van der Waals surface area contributed by atoms with E-state index in [1.165, 1.54) is 64.2 Å². The van der Waals surface area contributed by atoms with Crippen LogP contribution in [0, 0.1) is 5.92 Å². The molecule has 106 valence electrons. The number of methoxy groups -OCH3 is 1. The molecule has 0 aromatic rings. The molecule has 1 N–H and O–H groups in total. The van der Waals surface area contributed by atoms with Gasteiger partial charge in [0.15, 0.2) is 0 Å². The van der Waals surface area contributed by atoms with Gasteiger partial charge in [-0.3, -0.25) is 0 Å². The molecule has 2 heteroatoms. The van der Waals surface area contributed by atoms with E-state index in [0.717, 1.165) is 12.5 Å². The van der Waals surface area contributed by atoms with Crippen molar-refractivity contribution in [3.63, 3.8) is 0 Å². The van der Waals surface area contributed by atoms with Gasteiger partial charge >= 0.3 is 0 Å². The third-order valence-electron chi connectivity index (χ3n) is 5.18. The summed E-state index contributed by atoms with van der Waals surface area (Å²) >= 11 is 0. The van der Waals surface area contributed by atoms with Crippen molar-refractivity contribution in [1.82, 2.24) is 5.32 Å². The third kappa shape index (κ3) is 3.27. The number of nitrogens with one attached hydrogen (secondary N) is 1. The first kappa shape index (κ1) is 14.3. The normalized spacial score (nSPS) is 25.7. The summed E-state index contributed by atoms with van der Waals surface area (Å²) in [7, 11) is 1.94. The zero-order valence-electron chi connectivity index (χ0n) is 12.3. The second kappa shape index (κ2) is 6.91. The van der Waals surface area contributed by atoms with Crippen molar-refractivity contribution in [2.75, 3.05) is 13.7 Å². The molecule has 2 fully saturated rings. The van der Waals surface area contributed by atoms with E-state index in [1.54, 1.807) is 0 Å². The Hall–Kier alpha value is -0.0800. The van der Waals surface area contributed by atoms with Crippen molar-refractivity contribution in [3.8, 4) is 0 Å². The minimum Gasteiger partial charge on any atom is -0.377 e. The largest absolute Gasteiger partial charge is 0.377 e. The van der Waals surface area contributed by atoms with Gasteiger partial charge in [0, 0.05) is 13.2 Å². The second-order valence-electron chi connectivity index (χ2n) is 6.37. The summed E-state index contributed by atoms with van der Waals surface area (Å²) in [5.74, 6) is 0.966. The SMILES string of the molecule is CCCNC(CC1CCC1)C1(OC)CCCCC1. The minimum absolute atomic E-state index is 0.142. The lowest BCUT2D eigenvalue weighted by molar-refractivity contribution is -0.0747. The van der Waals surface area contributed by atoms with Gasteiger partial charge < -0.3 is 10.1 Å². The Kier molecular flexibility index (Phi) is 5.50. The maximum atomic E-state index is 6.04. The number of hydrogen-bond donors (Lipinski definition) is 1. The van der Waals surface area contributed by atoms with Gasteiger partial charge in [0.2, 0.25) is 0 Å². The van der Waals surface area contributed by atoms with E-state index in [4.69, 9.17) is 4.74 Å². The first-order valence-electron chi connectivity index (χ1n) is 8.09. The summed E-state index contributed by atoms with van der Waals surface area (Å²) in [4.78, 5) is 0. The summed E-state index contributed by atoms with van der Waals surface area (Å²) in [6.45, 7) is 3.40. The highest BCUT2D eigenvalue weighted by Gasteiger charge is 2.41. The van der Waals surface area contributed by atoms with Crippen LogP contribution in [0.1, 0.15) is 71.1 Å². The summed E-state index contributed by atoms with van der Waals surface area (Å²) in [6, 6.07) is 0.591. The Morgan fingerprint density at radius 2 is 1.89 bits per heavy atom. The van der Waals surface area contributed by atoms with Crippen molar-refractivity contribution in [2.45, 2.75) is 82.8 Å². The van der Waals surface area contributed by atoms with Crippen molar-refractivity contribution in [2.24, 2.45) is 5.92 Å². The van der Waals surface area contributed by atoms with Gasteiger partial charge in [0.05, 0.1) is 5.60 Å². The van der Waals surface area contributed by atoms with Crippen molar-refractivity contribution >= 4 is 0 Å². The molecule has 2 aliphatic carbocycles. The molecular weight excluding hydrogens is 222 g/mol. The average molecular weight is 253 g/mol. The lowest BCUT2D eigenvalue weighted by Crippen LogP contribution is -2.54. The van der Waals surface area contributed by atoms with Gasteiger partial charge in [-0.2, -0.15) is 0 Å². The second-order valence-corrected chi connectivity index (χ2v) is 6.37.